The molecule has 0 spiro atoms. The summed E-state index contributed by atoms with van der Waals surface area (Å²) in [5, 5.41) is 12.9. The van der Waals surface area contributed by atoms with Crippen molar-refractivity contribution in [3.8, 4) is 5.75 Å². The number of aryl methyl sites for hydroxylation is 1. The van der Waals surface area contributed by atoms with Crippen LogP contribution in [0.1, 0.15) is 27.6 Å². The summed E-state index contributed by atoms with van der Waals surface area (Å²) in [6, 6.07) is 11.3. The number of ether oxygens (including phenoxy) is 1. The van der Waals surface area contributed by atoms with Gasteiger partial charge in [0.05, 0.1) is 23.8 Å². The number of rotatable bonds is 4. The largest absolute Gasteiger partial charge is 0.507 e. The standard InChI is InChI=1S/C24H18F3NO4S/c1-13-10-11-33-22(13)19-18(20(29)16-8-3-4-9-17(16)32-2)21(30)23(31)28(19)15-7-5-6-14(12-15)24(25,26)27/h3-12,19,29H,1-2H3/b20-18-. The summed E-state index contributed by atoms with van der Waals surface area (Å²) in [4.78, 5) is 27.8. The molecular formula is C24H18F3NO4S. The Hall–Kier alpha value is -3.59. The van der Waals surface area contributed by atoms with Gasteiger partial charge in [0, 0.05) is 10.6 Å². The Morgan fingerprint density at radius 2 is 1.82 bits per heavy atom. The SMILES string of the molecule is COc1ccccc1/C(O)=C1/C(=O)C(=O)N(c2cccc(C(F)(F)F)c2)C1c1sccc1C. The molecule has 170 valence electrons. The normalized spacial score (nSPS) is 18.1. The van der Waals surface area contributed by atoms with Gasteiger partial charge in [-0.3, -0.25) is 14.5 Å². The minimum Gasteiger partial charge on any atom is -0.507 e. The van der Waals surface area contributed by atoms with Crippen LogP contribution in [-0.4, -0.2) is 23.9 Å². The quantitative estimate of drug-likeness (QED) is 0.299. The van der Waals surface area contributed by atoms with Gasteiger partial charge in [0.25, 0.3) is 11.7 Å². The minimum atomic E-state index is -4.63. The van der Waals surface area contributed by atoms with Gasteiger partial charge in [-0.15, -0.1) is 11.3 Å². The van der Waals surface area contributed by atoms with E-state index in [1.165, 1.54) is 36.6 Å². The Morgan fingerprint density at radius 3 is 2.45 bits per heavy atom. The van der Waals surface area contributed by atoms with Crippen LogP contribution in [0.15, 0.2) is 65.6 Å². The monoisotopic (exact) mass is 473 g/mol. The molecule has 1 unspecified atom stereocenters. The van der Waals surface area contributed by atoms with Gasteiger partial charge in [-0.2, -0.15) is 13.2 Å². The smallest absolute Gasteiger partial charge is 0.416 e. The van der Waals surface area contributed by atoms with E-state index in [0.717, 1.165) is 22.6 Å². The number of alkyl halides is 3. The molecule has 2 aromatic carbocycles. The third-order valence-corrected chi connectivity index (χ3v) is 6.48. The number of aliphatic hydroxyl groups is 1. The fourth-order valence-electron chi connectivity index (χ4n) is 3.83. The van der Waals surface area contributed by atoms with Crippen LogP contribution in [0.3, 0.4) is 0 Å². The summed E-state index contributed by atoms with van der Waals surface area (Å²) >= 11 is 1.24. The summed E-state index contributed by atoms with van der Waals surface area (Å²) in [5.41, 5.74) is -0.333. The van der Waals surface area contributed by atoms with E-state index < -0.39 is 35.2 Å². The summed E-state index contributed by atoms with van der Waals surface area (Å²) in [7, 11) is 1.40. The molecule has 2 heterocycles. The van der Waals surface area contributed by atoms with E-state index in [9.17, 15) is 27.9 Å². The molecule has 0 saturated carbocycles. The van der Waals surface area contributed by atoms with E-state index in [1.54, 1.807) is 36.6 Å². The highest BCUT2D eigenvalue weighted by Gasteiger charge is 2.48. The topological polar surface area (TPSA) is 66.8 Å². The van der Waals surface area contributed by atoms with Gasteiger partial charge in [-0.1, -0.05) is 18.2 Å². The van der Waals surface area contributed by atoms with Gasteiger partial charge in [0.15, 0.2) is 0 Å². The maximum atomic E-state index is 13.3. The molecule has 1 saturated heterocycles. The van der Waals surface area contributed by atoms with E-state index >= 15 is 0 Å². The first-order chi connectivity index (χ1) is 15.6. The van der Waals surface area contributed by atoms with Gasteiger partial charge < -0.3 is 9.84 Å². The number of aliphatic hydroxyl groups excluding tert-OH is 1. The third-order valence-electron chi connectivity index (χ3n) is 5.41. The molecule has 1 aliphatic heterocycles. The van der Waals surface area contributed by atoms with E-state index in [1.807, 2.05) is 0 Å². The van der Waals surface area contributed by atoms with Crippen molar-refractivity contribution in [2.45, 2.75) is 19.1 Å². The number of methoxy groups -OCH3 is 1. The Kier molecular flexibility index (Phi) is 5.75. The first-order valence-electron chi connectivity index (χ1n) is 9.80. The molecule has 1 fully saturated rings. The van der Waals surface area contributed by atoms with Crippen LogP contribution in [0.4, 0.5) is 18.9 Å². The summed E-state index contributed by atoms with van der Waals surface area (Å²) in [5.74, 6) is -2.20. The lowest BCUT2D eigenvalue weighted by molar-refractivity contribution is -0.137. The van der Waals surface area contributed by atoms with E-state index in [0.29, 0.717) is 4.88 Å². The number of para-hydroxylation sites is 1. The number of carbonyl (C=O) groups is 2. The zero-order valence-electron chi connectivity index (χ0n) is 17.5. The van der Waals surface area contributed by atoms with Crippen molar-refractivity contribution in [1.29, 1.82) is 0 Å². The summed E-state index contributed by atoms with van der Waals surface area (Å²) in [6.07, 6.45) is -4.63. The van der Waals surface area contributed by atoms with Gasteiger partial charge in [0.1, 0.15) is 17.6 Å². The predicted octanol–water partition coefficient (Wildman–Crippen LogP) is 5.71. The second-order valence-corrected chi connectivity index (χ2v) is 8.33. The molecule has 9 heteroatoms. The number of nitrogens with zero attached hydrogens (tertiary/aromatic N) is 1. The molecule has 1 amide bonds. The zero-order valence-corrected chi connectivity index (χ0v) is 18.3. The molecule has 33 heavy (non-hydrogen) atoms. The van der Waals surface area contributed by atoms with Crippen LogP contribution >= 0.6 is 11.3 Å². The minimum absolute atomic E-state index is 0.0937. The van der Waals surface area contributed by atoms with Crippen molar-refractivity contribution < 1.29 is 32.6 Å². The fraction of sp³-hybridized carbons (Fsp3) is 0.167. The number of Topliss-reactive ketones (excluding diaryl/α,β-unsaturated/α-hetero) is 1. The van der Waals surface area contributed by atoms with Crippen molar-refractivity contribution in [2.24, 2.45) is 0 Å². The molecule has 5 nitrogen and oxygen atoms in total. The van der Waals surface area contributed by atoms with Crippen molar-refractivity contribution in [3.63, 3.8) is 0 Å². The lowest BCUT2D eigenvalue weighted by Crippen LogP contribution is -2.29. The van der Waals surface area contributed by atoms with Crippen LogP contribution in [0, 0.1) is 6.92 Å². The highest BCUT2D eigenvalue weighted by molar-refractivity contribution is 7.10. The molecule has 0 radical (unpaired) electrons. The molecular weight excluding hydrogens is 455 g/mol. The van der Waals surface area contributed by atoms with Crippen LogP contribution in [0.2, 0.25) is 0 Å². The number of anilines is 1. The average Bonchev–Trinajstić information content (AvgIpc) is 3.33. The van der Waals surface area contributed by atoms with Gasteiger partial charge >= 0.3 is 6.18 Å². The lowest BCUT2D eigenvalue weighted by atomic mass is 9.97. The van der Waals surface area contributed by atoms with Crippen molar-refractivity contribution in [3.05, 3.63) is 87.1 Å². The van der Waals surface area contributed by atoms with Crippen LogP contribution in [0.5, 0.6) is 5.75 Å². The molecule has 0 aliphatic carbocycles. The Labute approximate surface area is 191 Å². The first-order valence-corrected chi connectivity index (χ1v) is 10.7. The Balaban J connectivity index is 1.97. The third kappa shape index (κ3) is 3.89. The number of amides is 1. The maximum absolute atomic E-state index is 13.3. The van der Waals surface area contributed by atoms with E-state index in [4.69, 9.17) is 4.74 Å². The number of ketones is 1. The average molecular weight is 473 g/mol. The fourth-order valence-corrected chi connectivity index (χ4v) is 4.85. The van der Waals surface area contributed by atoms with E-state index in [-0.39, 0.29) is 22.6 Å². The van der Waals surface area contributed by atoms with Crippen molar-refractivity contribution in [2.75, 3.05) is 12.0 Å². The van der Waals surface area contributed by atoms with Crippen LogP contribution in [-0.2, 0) is 15.8 Å². The van der Waals surface area contributed by atoms with Crippen molar-refractivity contribution >= 4 is 34.5 Å². The number of hydrogen-bond donors (Lipinski definition) is 1. The predicted molar refractivity (Wildman–Crippen MR) is 118 cm³/mol. The van der Waals surface area contributed by atoms with Crippen LogP contribution in [0.25, 0.3) is 5.76 Å². The maximum Gasteiger partial charge on any atom is 0.416 e. The van der Waals surface area contributed by atoms with Gasteiger partial charge in [-0.05, 0) is 54.3 Å². The van der Waals surface area contributed by atoms with Gasteiger partial charge in [-0.25, -0.2) is 0 Å². The lowest BCUT2D eigenvalue weighted by Gasteiger charge is -2.25. The van der Waals surface area contributed by atoms with E-state index in [2.05, 4.69) is 0 Å². The molecule has 4 rings (SSSR count). The molecule has 1 aliphatic rings. The molecule has 1 atom stereocenters. The molecule has 3 aromatic rings. The highest BCUT2D eigenvalue weighted by atomic mass is 32.1. The van der Waals surface area contributed by atoms with Crippen LogP contribution < -0.4 is 9.64 Å². The Bertz CT molecular complexity index is 1280. The van der Waals surface area contributed by atoms with Crippen molar-refractivity contribution in [1.82, 2.24) is 0 Å². The number of halogens is 3. The number of thiophene rings is 1. The first kappa shape index (κ1) is 22.6. The second kappa shape index (κ2) is 8.40. The molecule has 1 N–H and O–H groups in total. The summed E-state index contributed by atoms with van der Waals surface area (Å²) in [6.45, 7) is 1.77. The van der Waals surface area contributed by atoms with Gasteiger partial charge in [0.2, 0.25) is 0 Å². The molecule has 1 aromatic heterocycles. The number of hydrogen-bond acceptors (Lipinski definition) is 5. The number of benzene rings is 2. The zero-order chi connectivity index (χ0) is 23.9. The number of carbonyl (C=O) groups excluding carboxylic acids is 2. The Morgan fingerprint density at radius 1 is 1.09 bits per heavy atom. The summed E-state index contributed by atoms with van der Waals surface area (Å²) < 4.78 is 45.3. The second-order valence-electron chi connectivity index (χ2n) is 7.39. The highest BCUT2D eigenvalue weighted by Crippen LogP contribution is 2.46. The molecule has 0 bridgehead atoms.